The summed E-state index contributed by atoms with van der Waals surface area (Å²) in [6.07, 6.45) is 5.29. The fraction of sp³-hybridized carbons (Fsp3) is 0.450. The highest BCUT2D eigenvalue weighted by atomic mass is 16.4. The van der Waals surface area contributed by atoms with Gasteiger partial charge < -0.3 is 10.4 Å². The lowest BCUT2D eigenvalue weighted by Gasteiger charge is -2.11. The van der Waals surface area contributed by atoms with Crippen LogP contribution in [0.5, 0.6) is 0 Å². The highest BCUT2D eigenvalue weighted by molar-refractivity contribution is 5.95. The van der Waals surface area contributed by atoms with Crippen LogP contribution in [-0.2, 0) is 4.79 Å². The summed E-state index contributed by atoms with van der Waals surface area (Å²) >= 11 is 0. The van der Waals surface area contributed by atoms with E-state index in [1.165, 1.54) is 25.5 Å². The van der Waals surface area contributed by atoms with Crippen molar-refractivity contribution < 1.29 is 14.7 Å². The number of hydrogen-bond acceptors (Lipinski definition) is 3. The van der Waals surface area contributed by atoms with Gasteiger partial charge in [0.05, 0.1) is 17.6 Å². The van der Waals surface area contributed by atoms with Gasteiger partial charge in [0.2, 0.25) is 5.91 Å². The average Bonchev–Trinajstić information content (AvgIpc) is 2.91. The van der Waals surface area contributed by atoms with E-state index in [2.05, 4.69) is 10.4 Å². The van der Waals surface area contributed by atoms with Crippen LogP contribution in [0.1, 0.15) is 35.3 Å². The Balaban J connectivity index is 1.34. The van der Waals surface area contributed by atoms with Crippen molar-refractivity contribution in [2.75, 3.05) is 5.32 Å². The molecule has 134 valence electrons. The molecule has 4 atom stereocenters. The maximum absolute atomic E-state index is 12.7. The largest absolute Gasteiger partial charge is 0.478 e. The molecule has 4 unspecified atom stereocenters. The average molecular weight is 351 g/mol. The first-order valence-corrected chi connectivity index (χ1v) is 9.24. The second-order valence-corrected chi connectivity index (χ2v) is 7.91. The number of hydrogen-bond donors (Lipinski definition) is 2. The molecule has 0 aliphatic heterocycles. The Morgan fingerprint density at radius 1 is 1.23 bits per heavy atom. The topological polar surface area (TPSA) is 84.2 Å². The predicted octanol–water partition coefficient (Wildman–Crippen LogP) is 3.11. The van der Waals surface area contributed by atoms with Crippen molar-refractivity contribution in [2.24, 2.45) is 29.6 Å². The van der Waals surface area contributed by atoms with Crippen molar-refractivity contribution in [3.05, 3.63) is 41.7 Å². The number of benzene rings is 1. The molecule has 2 bridgehead atoms. The number of nitrogens with zero attached hydrogens (tertiary/aromatic N) is 2. The van der Waals surface area contributed by atoms with E-state index < -0.39 is 5.97 Å². The van der Waals surface area contributed by atoms with Gasteiger partial charge in [0, 0.05) is 11.6 Å². The van der Waals surface area contributed by atoms with Crippen LogP contribution >= 0.6 is 0 Å². The molecule has 3 aliphatic carbocycles. The van der Waals surface area contributed by atoms with Gasteiger partial charge in [-0.25, -0.2) is 9.48 Å². The van der Waals surface area contributed by atoms with Gasteiger partial charge in [0.1, 0.15) is 5.56 Å². The Morgan fingerprint density at radius 3 is 2.62 bits per heavy atom. The van der Waals surface area contributed by atoms with E-state index in [1.807, 2.05) is 24.3 Å². The van der Waals surface area contributed by atoms with E-state index in [-0.39, 0.29) is 17.4 Å². The van der Waals surface area contributed by atoms with Crippen molar-refractivity contribution in [1.82, 2.24) is 9.78 Å². The Morgan fingerprint density at radius 2 is 1.96 bits per heavy atom. The zero-order chi connectivity index (χ0) is 18.0. The minimum absolute atomic E-state index is 0.136. The van der Waals surface area contributed by atoms with E-state index in [4.69, 9.17) is 0 Å². The van der Waals surface area contributed by atoms with Crippen molar-refractivity contribution in [3.63, 3.8) is 0 Å². The van der Waals surface area contributed by atoms with Gasteiger partial charge in [-0.1, -0.05) is 6.07 Å². The Labute approximate surface area is 151 Å². The lowest BCUT2D eigenvalue weighted by molar-refractivity contribution is -0.118. The van der Waals surface area contributed by atoms with Crippen LogP contribution in [0.2, 0.25) is 0 Å². The fourth-order valence-electron chi connectivity index (χ4n) is 5.50. The van der Waals surface area contributed by atoms with E-state index in [0.717, 1.165) is 23.2 Å². The summed E-state index contributed by atoms with van der Waals surface area (Å²) in [6, 6.07) is 7.42. The summed E-state index contributed by atoms with van der Waals surface area (Å²) < 4.78 is 1.59. The third-order valence-corrected chi connectivity index (χ3v) is 6.64. The summed E-state index contributed by atoms with van der Waals surface area (Å²) in [4.78, 5) is 23.9. The third kappa shape index (κ3) is 2.21. The number of nitrogens with one attached hydrogen (secondary N) is 1. The standard InChI is InChI=1S/C20H21N3O3/c1-10-15(20(25)26)9-21-23(10)14-4-2-3-13(8-14)22-19(24)18-16-11-5-6-12(7-11)17(16)18/h2-4,8-9,11-12,16-18H,5-7H2,1H3,(H,22,24)(H,25,26). The Kier molecular flexibility index (Phi) is 3.26. The summed E-state index contributed by atoms with van der Waals surface area (Å²) in [5.74, 6) is 2.11. The molecule has 6 nitrogen and oxygen atoms in total. The van der Waals surface area contributed by atoms with E-state index in [0.29, 0.717) is 17.5 Å². The molecule has 6 heteroatoms. The predicted molar refractivity (Wildman–Crippen MR) is 95.2 cm³/mol. The van der Waals surface area contributed by atoms with Gasteiger partial charge in [-0.2, -0.15) is 5.10 Å². The van der Waals surface area contributed by atoms with Crippen LogP contribution < -0.4 is 5.32 Å². The van der Waals surface area contributed by atoms with Gasteiger partial charge in [-0.05, 0) is 68.1 Å². The first kappa shape index (κ1) is 15.6. The summed E-state index contributed by atoms with van der Waals surface area (Å²) in [5.41, 5.74) is 2.22. The molecular weight excluding hydrogens is 330 g/mol. The minimum Gasteiger partial charge on any atom is -0.478 e. The molecule has 3 saturated carbocycles. The molecule has 2 aromatic rings. The number of carbonyl (C=O) groups is 2. The number of fused-ring (bicyclic) bond motifs is 5. The van der Waals surface area contributed by atoms with Crippen LogP contribution in [-0.4, -0.2) is 26.8 Å². The highest BCUT2D eigenvalue weighted by Crippen LogP contribution is 2.69. The summed E-state index contributed by atoms with van der Waals surface area (Å²) in [6.45, 7) is 1.73. The lowest BCUT2D eigenvalue weighted by Crippen LogP contribution is -2.18. The maximum Gasteiger partial charge on any atom is 0.339 e. The van der Waals surface area contributed by atoms with Gasteiger partial charge in [0.25, 0.3) is 0 Å². The van der Waals surface area contributed by atoms with Crippen LogP contribution in [0.4, 0.5) is 5.69 Å². The molecule has 3 fully saturated rings. The molecule has 5 rings (SSSR count). The van der Waals surface area contributed by atoms with E-state index in [9.17, 15) is 14.7 Å². The third-order valence-electron chi connectivity index (χ3n) is 6.64. The van der Waals surface area contributed by atoms with Crippen LogP contribution in [0, 0.1) is 36.5 Å². The Bertz CT molecular complexity index is 903. The number of carboxylic acid groups (broad SMARTS) is 1. The molecule has 1 aromatic carbocycles. The number of carbonyl (C=O) groups excluding carboxylic acids is 1. The SMILES string of the molecule is Cc1c(C(=O)O)cnn1-c1cccc(NC(=O)C2C3C4CCC(C4)C23)c1. The number of rotatable bonds is 4. The number of amides is 1. The molecule has 0 radical (unpaired) electrons. The number of aromatic nitrogens is 2. The minimum atomic E-state index is -0.992. The first-order chi connectivity index (χ1) is 12.5. The lowest BCUT2D eigenvalue weighted by atomic mass is 10.0. The van der Waals surface area contributed by atoms with Gasteiger partial charge in [0.15, 0.2) is 0 Å². The van der Waals surface area contributed by atoms with Crippen molar-refractivity contribution in [3.8, 4) is 5.69 Å². The zero-order valence-corrected chi connectivity index (χ0v) is 14.6. The number of aromatic carboxylic acids is 1. The Hall–Kier alpha value is -2.63. The number of carboxylic acids is 1. The monoisotopic (exact) mass is 351 g/mol. The number of anilines is 1. The van der Waals surface area contributed by atoms with Crippen molar-refractivity contribution in [2.45, 2.75) is 26.2 Å². The quantitative estimate of drug-likeness (QED) is 0.886. The van der Waals surface area contributed by atoms with Crippen LogP contribution in [0.25, 0.3) is 5.69 Å². The van der Waals surface area contributed by atoms with Crippen LogP contribution in [0.3, 0.4) is 0 Å². The fourth-order valence-corrected chi connectivity index (χ4v) is 5.50. The van der Waals surface area contributed by atoms with E-state index in [1.54, 1.807) is 11.6 Å². The normalized spacial score (nSPS) is 30.9. The molecule has 1 heterocycles. The molecular formula is C20H21N3O3. The maximum atomic E-state index is 12.7. The molecule has 0 saturated heterocycles. The molecule has 0 spiro atoms. The second kappa shape index (κ2) is 5.43. The smallest absolute Gasteiger partial charge is 0.339 e. The molecule has 2 N–H and O–H groups in total. The van der Waals surface area contributed by atoms with Gasteiger partial charge >= 0.3 is 5.97 Å². The first-order valence-electron chi connectivity index (χ1n) is 9.24. The molecule has 26 heavy (non-hydrogen) atoms. The molecule has 1 aromatic heterocycles. The zero-order valence-electron chi connectivity index (χ0n) is 14.6. The van der Waals surface area contributed by atoms with Crippen molar-refractivity contribution in [1.29, 1.82) is 0 Å². The summed E-state index contributed by atoms with van der Waals surface area (Å²) in [5, 5.41) is 16.4. The van der Waals surface area contributed by atoms with Crippen LogP contribution in [0.15, 0.2) is 30.5 Å². The van der Waals surface area contributed by atoms with Gasteiger partial charge in [-0.3, -0.25) is 4.79 Å². The van der Waals surface area contributed by atoms with E-state index >= 15 is 0 Å². The molecule has 3 aliphatic rings. The summed E-state index contributed by atoms with van der Waals surface area (Å²) in [7, 11) is 0. The molecule has 1 amide bonds. The second-order valence-electron chi connectivity index (χ2n) is 7.91. The van der Waals surface area contributed by atoms with Gasteiger partial charge in [-0.15, -0.1) is 0 Å². The highest BCUT2D eigenvalue weighted by Gasteiger charge is 2.67. The van der Waals surface area contributed by atoms with Crippen molar-refractivity contribution >= 4 is 17.6 Å².